The zero-order valence-corrected chi connectivity index (χ0v) is 12.6. The minimum atomic E-state index is -0.834. The number of benzene rings is 2. The van der Waals surface area contributed by atoms with Gasteiger partial charge in [-0.15, -0.1) is 0 Å². The molecule has 0 saturated heterocycles. The maximum absolute atomic E-state index is 11.5. The van der Waals surface area contributed by atoms with Crippen molar-refractivity contribution in [1.29, 1.82) is 0 Å². The van der Waals surface area contributed by atoms with Gasteiger partial charge < -0.3 is 5.11 Å². The summed E-state index contributed by atoms with van der Waals surface area (Å²) in [6.07, 6.45) is 4.68. The number of rotatable bonds is 3. The third kappa shape index (κ3) is 2.63. The Kier molecular flexibility index (Phi) is 4.90. The molecule has 0 atom stereocenters. The Morgan fingerprint density at radius 1 is 0.750 bits per heavy atom. The van der Waals surface area contributed by atoms with Gasteiger partial charge in [0.2, 0.25) is 0 Å². The predicted molar refractivity (Wildman–Crippen MR) is 88.2 cm³/mol. The summed E-state index contributed by atoms with van der Waals surface area (Å²) in [5, 5.41) is 11.5. The Morgan fingerprint density at radius 2 is 1.15 bits per heavy atom. The van der Waals surface area contributed by atoms with Gasteiger partial charge in [-0.2, -0.15) is 13.5 Å². The fourth-order valence-corrected chi connectivity index (χ4v) is 3.37. The Balaban J connectivity index is 0.00000147. The van der Waals surface area contributed by atoms with Crippen molar-refractivity contribution in [1.82, 2.24) is 0 Å². The van der Waals surface area contributed by atoms with E-state index in [1.807, 2.05) is 60.7 Å². The molecule has 1 aliphatic carbocycles. The lowest BCUT2D eigenvalue weighted by atomic mass is 9.75. The summed E-state index contributed by atoms with van der Waals surface area (Å²) in [5.41, 5.74) is 1.21. The smallest absolute Gasteiger partial charge is 0.117 e. The first-order valence-corrected chi connectivity index (χ1v) is 7.15. The highest BCUT2D eigenvalue weighted by Gasteiger charge is 2.41. The molecule has 0 spiro atoms. The number of hydrogen-bond donors (Lipinski definition) is 1. The summed E-state index contributed by atoms with van der Waals surface area (Å²) in [6, 6.07) is 20.2. The minimum absolute atomic E-state index is 0. The van der Waals surface area contributed by atoms with Crippen molar-refractivity contribution in [2.24, 2.45) is 5.92 Å². The van der Waals surface area contributed by atoms with Crippen molar-refractivity contribution < 1.29 is 5.11 Å². The van der Waals surface area contributed by atoms with Crippen molar-refractivity contribution in [3.05, 3.63) is 71.8 Å². The molecular formula is C18H22OS. The molecule has 0 unspecified atom stereocenters. The topological polar surface area (TPSA) is 20.2 Å². The van der Waals surface area contributed by atoms with Gasteiger partial charge in [-0.05, 0) is 29.9 Å². The first-order valence-electron chi connectivity index (χ1n) is 7.15. The molecule has 0 amide bonds. The fraction of sp³-hybridized carbons (Fsp3) is 0.333. The lowest BCUT2D eigenvalue weighted by molar-refractivity contribution is 0.0188. The van der Waals surface area contributed by atoms with E-state index in [4.69, 9.17) is 0 Å². The molecule has 0 radical (unpaired) electrons. The van der Waals surface area contributed by atoms with Crippen molar-refractivity contribution in [2.45, 2.75) is 31.3 Å². The SMILES string of the molecule is OC(c1ccccc1)(c1ccccc1)C1CCCC1.S. The molecule has 1 N–H and O–H groups in total. The molecule has 2 heteroatoms. The van der Waals surface area contributed by atoms with Gasteiger partial charge in [0.25, 0.3) is 0 Å². The molecule has 3 rings (SSSR count). The van der Waals surface area contributed by atoms with E-state index in [1.165, 1.54) is 12.8 Å². The van der Waals surface area contributed by atoms with Gasteiger partial charge >= 0.3 is 0 Å². The lowest BCUT2D eigenvalue weighted by Crippen LogP contribution is -2.35. The van der Waals surface area contributed by atoms with E-state index >= 15 is 0 Å². The van der Waals surface area contributed by atoms with Crippen LogP contribution < -0.4 is 0 Å². The molecule has 0 aromatic heterocycles. The summed E-state index contributed by atoms with van der Waals surface area (Å²) in [7, 11) is 0. The average Bonchev–Trinajstić information content (AvgIpc) is 3.03. The van der Waals surface area contributed by atoms with Crippen molar-refractivity contribution >= 4 is 13.5 Å². The van der Waals surface area contributed by atoms with Crippen LogP contribution in [-0.2, 0) is 5.60 Å². The van der Waals surface area contributed by atoms with Crippen molar-refractivity contribution in [3.8, 4) is 0 Å². The molecule has 0 aliphatic heterocycles. The third-order valence-corrected chi connectivity index (χ3v) is 4.37. The normalized spacial score (nSPS) is 15.8. The summed E-state index contributed by atoms with van der Waals surface area (Å²) in [6.45, 7) is 0. The van der Waals surface area contributed by atoms with E-state index in [2.05, 4.69) is 0 Å². The molecule has 1 aliphatic rings. The summed E-state index contributed by atoms with van der Waals surface area (Å²) < 4.78 is 0. The highest BCUT2D eigenvalue weighted by Crippen LogP contribution is 2.44. The van der Waals surface area contributed by atoms with Gasteiger partial charge in [0.1, 0.15) is 5.60 Å². The molecule has 20 heavy (non-hydrogen) atoms. The van der Waals surface area contributed by atoms with Gasteiger partial charge in [-0.1, -0.05) is 73.5 Å². The monoisotopic (exact) mass is 286 g/mol. The highest BCUT2D eigenvalue weighted by atomic mass is 32.1. The number of aliphatic hydroxyl groups is 1. The van der Waals surface area contributed by atoms with Gasteiger partial charge in [0, 0.05) is 0 Å². The maximum atomic E-state index is 11.5. The van der Waals surface area contributed by atoms with Gasteiger partial charge in [-0.3, -0.25) is 0 Å². The quantitative estimate of drug-likeness (QED) is 0.895. The Hall–Kier alpha value is -1.25. The Labute approximate surface area is 128 Å². The van der Waals surface area contributed by atoms with E-state index in [0.29, 0.717) is 5.92 Å². The molecule has 1 nitrogen and oxygen atoms in total. The average molecular weight is 286 g/mol. The second-order valence-electron chi connectivity index (χ2n) is 5.48. The van der Waals surface area contributed by atoms with Crippen LogP contribution in [0.25, 0.3) is 0 Å². The van der Waals surface area contributed by atoms with E-state index in [0.717, 1.165) is 24.0 Å². The van der Waals surface area contributed by atoms with Gasteiger partial charge in [-0.25, -0.2) is 0 Å². The van der Waals surface area contributed by atoms with Crippen LogP contribution in [0.4, 0.5) is 0 Å². The van der Waals surface area contributed by atoms with Crippen LogP contribution in [0, 0.1) is 5.92 Å². The first-order chi connectivity index (χ1) is 9.32. The minimum Gasteiger partial charge on any atom is -0.380 e. The molecule has 1 saturated carbocycles. The fourth-order valence-electron chi connectivity index (χ4n) is 3.37. The van der Waals surface area contributed by atoms with Gasteiger partial charge in [0.15, 0.2) is 0 Å². The highest BCUT2D eigenvalue weighted by molar-refractivity contribution is 7.59. The van der Waals surface area contributed by atoms with Crippen LogP contribution in [0.15, 0.2) is 60.7 Å². The van der Waals surface area contributed by atoms with Crippen LogP contribution in [0.5, 0.6) is 0 Å². The van der Waals surface area contributed by atoms with E-state index < -0.39 is 5.60 Å². The van der Waals surface area contributed by atoms with Crippen LogP contribution in [0.3, 0.4) is 0 Å². The molecule has 0 heterocycles. The van der Waals surface area contributed by atoms with Crippen LogP contribution in [0.1, 0.15) is 36.8 Å². The van der Waals surface area contributed by atoms with E-state index in [9.17, 15) is 5.11 Å². The first kappa shape index (κ1) is 15.1. The summed E-state index contributed by atoms with van der Waals surface area (Å²) >= 11 is 0. The Morgan fingerprint density at radius 3 is 1.55 bits per heavy atom. The second-order valence-corrected chi connectivity index (χ2v) is 5.48. The van der Waals surface area contributed by atoms with E-state index in [-0.39, 0.29) is 13.5 Å². The van der Waals surface area contributed by atoms with Gasteiger partial charge in [0.05, 0.1) is 0 Å². The molecule has 2 aromatic carbocycles. The third-order valence-electron chi connectivity index (χ3n) is 4.37. The molecular weight excluding hydrogens is 264 g/mol. The zero-order chi connectivity index (χ0) is 13.1. The van der Waals surface area contributed by atoms with Crippen molar-refractivity contribution in [2.75, 3.05) is 0 Å². The van der Waals surface area contributed by atoms with Crippen LogP contribution in [0.2, 0.25) is 0 Å². The summed E-state index contributed by atoms with van der Waals surface area (Å²) in [5.74, 6) is 0.331. The molecule has 106 valence electrons. The predicted octanol–water partition coefficient (Wildman–Crippen LogP) is 4.23. The number of hydrogen-bond acceptors (Lipinski definition) is 1. The lowest BCUT2D eigenvalue weighted by Gasteiger charge is -2.35. The molecule has 0 bridgehead atoms. The largest absolute Gasteiger partial charge is 0.380 e. The standard InChI is InChI=1S/C18H20O.H2S/c19-18(17-13-7-8-14-17,15-9-3-1-4-10-15)16-11-5-2-6-12-16;/h1-6,9-12,17,19H,7-8,13-14H2;1H2. The summed E-state index contributed by atoms with van der Waals surface area (Å²) in [4.78, 5) is 0. The van der Waals surface area contributed by atoms with Crippen LogP contribution >= 0.6 is 13.5 Å². The second kappa shape index (κ2) is 6.47. The molecule has 2 aromatic rings. The molecule has 1 fully saturated rings. The van der Waals surface area contributed by atoms with Crippen molar-refractivity contribution in [3.63, 3.8) is 0 Å². The zero-order valence-electron chi connectivity index (χ0n) is 11.6. The maximum Gasteiger partial charge on any atom is 0.117 e. The van der Waals surface area contributed by atoms with E-state index in [1.54, 1.807) is 0 Å². The Bertz CT molecular complexity index is 478. The van der Waals surface area contributed by atoms with Crippen LogP contribution in [-0.4, -0.2) is 5.11 Å².